The van der Waals surface area contributed by atoms with Crippen LogP contribution < -0.4 is 11.2 Å². The summed E-state index contributed by atoms with van der Waals surface area (Å²) in [7, 11) is 0. The number of alkyl halides is 3. The number of nitrogens with one attached hydrogen (secondary N) is 1. The van der Waals surface area contributed by atoms with Gasteiger partial charge in [0.2, 0.25) is 0 Å². The molecule has 0 amide bonds. The van der Waals surface area contributed by atoms with Gasteiger partial charge in [0.05, 0.1) is 16.9 Å². The third-order valence-electron chi connectivity index (χ3n) is 3.63. The van der Waals surface area contributed by atoms with E-state index >= 15 is 0 Å². The van der Waals surface area contributed by atoms with Gasteiger partial charge in [-0.1, -0.05) is 17.7 Å². The monoisotopic (exact) mass is 381 g/mol. The van der Waals surface area contributed by atoms with Gasteiger partial charge in [-0.25, -0.2) is 15.3 Å². The Balaban J connectivity index is 1.94. The Hall–Kier alpha value is -2.81. The summed E-state index contributed by atoms with van der Waals surface area (Å²) in [4.78, 5) is 21.2. The number of pyridine rings is 1. The molecule has 3 N–H and O–H groups in total. The molecule has 0 bridgehead atoms. The number of carbonyl (C=O) groups excluding carboxylic acids is 1. The summed E-state index contributed by atoms with van der Waals surface area (Å²) in [5.74, 6) is -0.878. The number of nitrogens with zero attached hydrogens (tertiary/aromatic N) is 1. The molecule has 0 aliphatic heterocycles. The number of rotatable bonds is 3. The van der Waals surface area contributed by atoms with Gasteiger partial charge in [-0.05, 0) is 32.0 Å². The summed E-state index contributed by atoms with van der Waals surface area (Å²) in [6, 6.07) is 7.93. The molecule has 0 saturated carbocycles. The van der Waals surface area contributed by atoms with Crippen molar-refractivity contribution in [2.24, 2.45) is 0 Å². The van der Waals surface area contributed by atoms with Crippen LogP contribution in [-0.2, 0) is 11.0 Å². The van der Waals surface area contributed by atoms with Gasteiger partial charge in [0.15, 0.2) is 0 Å². The Kier molecular flexibility index (Phi) is 4.49. The fourth-order valence-corrected chi connectivity index (χ4v) is 3.43. The molecular weight excluding hydrogens is 367 g/mol. The van der Waals surface area contributed by atoms with Crippen molar-refractivity contribution in [3.05, 3.63) is 52.0 Å². The fraction of sp³-hybridized carbons (Fsp3) is 0.176. The van der Waals surface area contributed by atoms with Crippen LogP contribution in [0.1, 0.15) is 26.5 Å². The Morgan fingerprint density at radius 1 is 1.23 bits per heavy atom. The van der Waals surface area contributed by atoms with E-state index in [1.807, 2.05) is 19.1 Å². The maximum absolute atomic E-state index is 13.3. The zero-order valence-electron chi connectivity index (χ0n) is 13.8. The molecule has 0 unspecified atom stereocenters. The lowest BCUT2D eigenvalue weighted by Crippen LogP contribution is -2.11. The molecule has 2 heterocycles. The molecule has 2 aromatic heterocycles. The number of hydrogen-bond donors (Lipinski definition) is 2. The van der Waals surface area contributed by atoms with Crippen molar-refractivity contribution < 1.29 is 22.8 Å². The third kappa shape index (κ3) is 3.43. The first-order chi connectivity index (χ1) is 12.2. The number of aryl methyl sites for hydroxylation is 2. The minimum absolute atomic E-state index is 0.0390. The maximum atomic E-state index is 13.3. The van der Waals surface area contributed by atoms with Crippen molar-refractivity contribution in [3.8, 4) is 0 Å². The van der Waals surface area contributed by atoms with Crippen LogP contribution in [-0.4, -0.2) is 11.0 Å². The molecule has 0 radical (unpaired) electrons. The lowest BCUT2D eigenvalue weighted by Gasteiger charge is -2.09. The van der Waals surface area contributed by atoms with Crippen LogP contribution in [0.15, 0.2) is 30.3 Å². The average molecular weight is 381 g/mol. The molecule has 0 fully saturated rings. The van der Waals surface area contributed by atoms with Crippen molar-refractivity contribution in [1.29, 1.82) is 0 Å². The number of aromatic nitrogens is 1. The second kappa shape index (κ2) is 6.49. The topological polar surface area (TPSA) is 77.2 Å². The van der Waals surface area contributed by atoms with Gasteiger partial charge in [0, 0.05) is 11.1 Å². The highest BCUT2D eigenvalue weighted by atomic mass is 32.1. The van der Waals surface area contributed by atoms with Crippen molar-refractivity contribution in [2.45, 2.75) is 20.0 Å². The number of nitrogen functional groups attached to an aromatic ring is 1. The minimum Gasteiger partial charge on any atom is -0.397 e. The summed E-state index contributed by atoms with van der Waals surface area (Å²) in [6.45, 7) is 3.35. The molecule has 0 saturated heterocycles. The highest BCUT2D eigenvalue weighted by Crippen LogP contribution is 2.42. The minimum atomic E-state index is -4.61. The predicted molar refractivity (Wildman–Crippen MR) is 94.0 cm³/mol. The molecule has 136 valence electrons. The maximum Gasteiger partial charge on any atom is 0.417 e. The van der Waals surface area contributed by atoms with Crippen LogP contribution in [0.3, 0.4) is 0 Å². The zero-order valence-corrected chi connectivity index (χ0v) is 14.6. The number of anilines is 2. The first kappa shape index (κ1) is 18.0. The van der Waals surface area contributed by atoms with E-state index in [1.165, 1.54) is 6.92 Å². The van der Waals surface area contributed by atoms with Gasteiger partial charge in [-0.15, -0.1) is 11.3 Å². The summed E-state index contributed by atoms with van der Waals surface area (Å²) >= 11 is 0.763. The highest BCUT2D eigenvalue weighted by molar-refractivity contribution is 7.21. The molecule has 3 rings (SSSR count). The Bertz CT molecular complexity index is 982. The second-order valence-electron chi connectivity index (χ2n) is 5.69. The standard InChI is InChI=1S/C17H14F3N3O2S/c1-8-3-5-10(6-4-8)23-25-16(24)14-13(21)12-11(17(18,19)20)7-9(2)22-15(12)26-14/h3-7,23H,21H2,1-2H3. The normalized spacial score (nSPS) is 11.6. The number of benzene rings is 1. The average Bonchev–Trinajstić information content (AvgIpc) is 2.89. The largest absolute Gasteiger partial charge is 0.417 e. The second-order valence-corrected chi connectivity index (χ2v) is 6.69. The number of thiophene rings is 1. The van der Waals surface area contributed by atoms with E-state index in [2.05, 4.69) is 10.5 Å². The van der Waals surface area contributed by atoms with E-state index in [0.717, 1.165) is 23.0 Å². The summed E-state index contributed by atoms with van der Waals surface area (Å²) in [6.07, 6.45) is -4.61. The Labute approximate surface area is 150 Å². The van der Waals surface area contributed by atoms with E-state index in [-0.39, 0.29) is 26.5 Å². The van der Waals surface area contributed by atoms with E-state index in [0.29, 0.717) is 5.69 Å². The lowest BCUT2D eigenvalue weighted by molar-refractivity contribution is -0.136. The van der Waals surface area contributed by atoms with Gasteiger partial charge in [0.25, 0.3) is 0 Å². The lowest BCUT2D eigenvalue weighted by atomic mass is 10.1. The van der Waals surface area contributed by atoms with Crippen LogP contribution >= 0.6 is 11.3 Å². The SMILES string of the molecule is Cc1ccc(NOC(=O)c2sc3nc(C)cc(C(F)(F)F)c3c2N)cc1. The summed E-state index contributed by atoms with van der Waals surface area (Å²) in [5.41, 5.74) is 8.80. The molecule has 0 aliphatic carbocycles. The molecule has 26 heavy (non-hydrogen) atoms. The van der Waals surface area contributed by atoms with Crippen molar-refractivity contribution in [2.75, 3.05) is 11.2 Å². The van der Waals surface area contributed by atoms with E-state index in [1.54, 1.807) is 12.1 Å². The third-order valence-corrected chi connectivity index (χ3v) is 4.71. The number of halogens is 3. The van der Waals surface area contributed by atoms with Gasteiger partial charge in [-0.2, -0.15) is 13.2 Å². The zero-order chi connectivity index (χ0) is 19.1. The number of fused-ring (bicyclic) bond motifs is 1. The van der Waals surface area contributed by atoms with Crippen molar-refractivity contribution >= 4 is 38.9 Å². The van der Waals surface area contributed by atoms with Crippen LogP contribution in [0.2, 0.25) is 0 Å². The van der Waals surface area contributed by atoms with Crippen molar-refractivity contribution in [1.82, 2.24) is 4.98 Å². The fourth-order valence-electron chi connectivity index (χ4n) is 2.39. The van der Waals surface area contributed by atoms with Crippen LogP contribution in [0, 0.1) is 13.8 Å². The molecule has 0 atom stereocenters. The number of hydrogen-bond acceptors (Lipinski definition) is 6. The highest BCUT2D eigenvalue weighted by Gasteiger charge is 2.36. The Morgan fingerprint density at radius 3 is 2.50 bits per heavy atom. The van der Waals surface area contributed by atoms with Gasteiger partial charge < -0.3 is 10.6 Å². The molecule has 0 aliphatic rings. The Morgan fingerprint density at radius 2 is 1.88 bits per heavy atom. The molecule has 0 spiro atoms. The number of carbonyl (C=O) groups is 1. The van der Waals surface area contributed by atoms with Crippen LogP contribution in [0.4, 0.5) is 24.5 Å². The first-order valence-electron chi connectivity index (χ1n) is 7.47. The molecule has 5 nitrogen and oxygen atoms in total. The molecule has 3 aromatic rings. The molecule has 9 heteroatoms. The van der Waals surface area contributed by atoms with Crippen LogP contribution in [0.25, 0.3) is 10.2 Å². The number of nitrogens with two attached hydrogens (primary N) is 1. The van der Waals surface area contributed by atoms with E-state index in [9.17, 15) is 18.0 Å². The molecule has 1 aromatic carbocycles. The van der Waals surface area contributed by atoms with E-state index < -0.39 is 17.7 Å². The summed E-state index contributed by atoms with van der Waals surface area (Å²) < 4.78 is 39.8. The van der Waals surface area contributed by atoms with E-state index in [4.69, 9.17) is 10.6 Å². The summed E-state index contributed by atoms with van der Waals surface area (Å²) in [5, 5.41) is -0.282. The van der Waals surface area contributed by atoms with Crippen LogP contribution in [0.5, 0.6) is 0 Å². The predicted octanol–water partition coefficient (Wildman–Crippen LogP) is 4.70. The van der Waals surface area contributed by atoms with Gasteiger partial charge in [0.1, 0.15) is 9.71 Å². The van der Waals surface area contributed by atoms with Gasteiger partial charge >= 0.3 is 12.1 Å². The smallest absolute Gasteiger partial charge is 0.397 e. The van der Waals surface area contributed by atoms with Crippen molar-refractivity contribution in [3.63, 3.8) is 0 Å². The molecular formula is C17H14F3N3O2S. The quantitative estimate of drug-likeness (QED) is 0.643. The van der Waals surface area contributed by atoms with Gasteiger partial charge in [-0.3, -0.25) is 0 Å². The first-order valence-corrected chi connectivity index (χ1v) is 8.29.